The summed E-state index contributed by atoms with van der Waals surface area (Å²) in [5.74, 6) is 0.818. The van der Waals surface area contributed by atoms with Gasteiger partial charge in [0, 0.05) is 28.9 Å². The smallest absolute Gasteiger partial charge is 0.316 e. The fourth-order valence-corrected chi connectivity index (χ4v) is 5.73. The molecule has 3 aromatic rings. The van der Waals surface area contributed by atoms with Crippen molar-refractivity contribution in [2.45, 2.75) is 18.5 Å². The highest BCUT2D eigenvalue weighted by atomic mass is 32.2. The molecule has 0 aliphatic carbocycles. The van der Waals surface area contributed by atoms with E-state index in [1.54, 1.807) is 22.7 Å². The standard InChI is InChI=1S/C19H21N3O3S3/c1-2-25-16(23)12-28-19-17-13(14-4-3-9-26-14)11-27-18(17)20-15(21-19)10-22-5-7-24-8-6-22/h3-4,9,11H,2,5-8,10,12H2,1H3. The van der Waals surface area contributed by atoms with Crippen molar-refractivity contribution in [3.8, 4) is 10.4 Å². The van der Waals surface area contributed by atoms with Gasteiger partial charge in [-0.2, -0.15) is 0 Å². The number of esters is 1. The van der Waals surface area contributed by atoms with Crippen LogP contribution in [0.4, 0.5) is 0 Å². The largest absolute Gasteiger partial charge is 0.465 e. The molecule has 1 fully saturated rings. The predicted octanol–water partition coefficient (Wildman–Crippen LogP) is 3.91. The number of hydrogen-bond acceptors (Lipinski definition) is 9. The zero-order valence-electron chi connectivity index (χ0n) is 15.6. The van der Waals surface area contributed by atoms with Gasteiger partial charge in [0.15, 0.2) is 0 Å². The van der Waals surface area contributed by atoms with Gasteiger partial charge in [0.2, 0.25) is 0 Å². The molecule has 6 nitrogen and oxygen atoms in total. The molecule has 1 aliphatic rings. The lowest BCUT2D eigenvalue weighted by Crippen LogP contribution is -2.36. The molecule has 0 spiro atoms. The lowest BCUT2D eigenvalue weighted by atomic mass is 10.2. The number of nitrogens with zero attached hydrogens (tertiary/aromatic N) is 3. The molecule has 148 valence electrons. The molecule has 28 heavy (non-hydrogen) atoms. The zero-order valence-corrected chi connectivity index (χ0v) is 18.0. The van der Waals surface area contributed by atoms with E-state index in [9.17, 15) is 4.79 Å². The fraction of sp³-hybridized carbons (Fsp3) is 0.421. The lowest BCUT2D eigenvalue weighted by molar-refractivity contribution is -0.139. The maximum atomic E-state index is 11.9. The highest BCUT2D eigenvalue weighted by molar-refractivity contribution is 8.00. The summed E-state index contributed by atoms with van der Waals surface area (Å²) in [6.07, 6.45) is 0. The number of morpholine rings is 1. The Morgan fingerprint density at radius 3 is 2.93 bits per heavy atom. The Balaban J connectivity index is 1.67. The number of ether oxygens (including phenoxy) is 2. The van der Waals surface area contributed by atoms with Crippen molar-refractivity contribution in [1.82, 2.24) is 14.9 Å². The predicted molar refractivity (Wildman–Crippen MR) is 114 cm³/mol. The van der Waals surface area contributed by atoms with E-state index in [1.165, 1.54) is 16.6 Å². The van der Waals surface area contributed by atoms with Gasteiger partial charge in [0.05, 0.1) is 37.5 Å². The number of carbonyl (C=O) groups excluding carboxylic acids is 1. The summed E-state index contributed by atoms with van der Waals surface area (Å²) in [4.78, 5) is 26.0. The maximum Gasteiger partial charge on any atom is 0.316 e. The van der Waals surface area contributed by atoms with Crippen molar-refractivity contribution in [2.24, 2.45) is 0 Å². The molecule has 0 bridgehead atoms. The molecule has 4 heterocycles. The van der Waals surface area contributed by atoms with Crippen molar-refractivity contribution >= 4 is 50.6 Å². The molecule has 1 saturated heterocycles. The molecule has 3 aromatic heterocycles. The van der Waals surface area contributed by atoms with E-state index in [2.05, 4.69) is 21.7 Å². The van der Waals surface area contributed by atoms with Crippen molar-refractivity contribution in [3.63, 3.8) is 0 Å². The van der Waals surface area contributed by atoms with Crippen molar-refractivity contribution in [3.05, 3.63) is 28.7 Å². The average Bonchev–Trinajstić information content (AvgIpc) is 3.36. The van der Waals surface area contributed by atoms with E-state index in [1.807, 2.05) is 13.0 Å². The van der Waals surface area contributed by atoms with Crippen molar-refractivity contribution in [1.29, 1.82) is 0 Å². The number of thioether (sulfide) groups is 1. The summed E-state index contributed by atoms with van der Waals surface area (Å²) in [7, 11) is 0. The van der Waals surface area contributed by atoms with E-state index in [0.29, 0.717) is 13.2 Å². The molecule has 0 atom stereocenters. The monoisotopic (exact) mass is 435 g/mol. The van der Waals surface area contributed by atoms with Crippen LogP contribution >= 0.6 is 34.4 Å². The highest BCUT2D eigenvalue weighted by Crippen LogP contribution is 2.40. The molecule has 4 rings (SSSR count). The van der Waals surface area contributed by atoms with E-state index in [-0.39, 0.29) is 11.7 Å². The second-order valence-corrected chi connectivity index (χ2v) is 9.00. The number of thiophene rings is 2. The Morgan fingerprint density at radius 2 is 2.18 bits per heavy atom. The highest BCUT2D eigenvalue weighted by Gasteiger charge is 2.19. The maximum absolute atomic E-state index is 11.9. The van der Waals surface area contributed by atoms with Crippen LogP contribution in [0.3, 0.4) is 0 Å². The Morgan fingerprint density at radius 1 is 1.32 bits per heavy atom. The normalized spacial score (nSPS) is 15.2. The average molecular weight is 436 g/mol. The molecule has 0 saturated carbocycles. The molecule has 0 radical (unpaired) electrons. The quantitative estimate of drug-likeness (QED) is 0.317. The SMILES string of the molecule is CCOC(=O)CSc1nc(CN2CCOCC2)nc2scc(-c3cccs3)c12. The summed E-state index contributed by atoms with van der Waals surface area (Å²) >= 11 is 4.76. The van der Waals surface area contributed by atoms with Gasteiger partial charge in [0.1, 0.15) is 15.7 Å². The lowest BCUT2D eigenvalue weighted by Gasteiger charge is -2.25. The molecule has 0 unspecified atom stereocenters. The summed E-state index contributed by atoms with van der Waals surface area (Å²) in [6, 6.07) is 4.15. The first-order valence-corrected chi connectivity index (χ1v) is 11.9. The first-order valence-electron chi connectivity index (χ1n) is 9.15. The Hall–Kier alpha value is -1.52. The van der Waals surface area contributed by atoms with Gasteiger partial charge in [-0.05, 0) is 18.4 Å². The van der Waals surface area contributed by atoms with Gasteiger partial charge in [-0.15, -0.1) is 22.7 Å². The Kier molecular flexibility index (Phi) is 6.58. The van der Waals surface area contributed by atoms with Crippen molar-refractivity contribution in [2.75, 3.05) is 38.7 Å². The van der Waals surface area contributed by atoms with Crippen LogP contribution in [0.25, 0.3) is 20.7 Å². The number of fused-ring (bicyclic) bond motifs is 1. The topological polar surface area (TPSA) is 64.5 Å². The second-order valence-electron chi connectivity index (χ2n) is 6.23. The fourth-order valence-electron chi connectivity index (χ4n) is 3.03. The van der Waals surface area contributed by atoms with Gasteiger partial charge in [-0.1, -0.05) is 17.8 Å². The van der Waals surface area contributed by atoms with Crippen LogP contribution in [0.15, 0.2) is 27.9 Å². The zero-order chi connectivity index (χ0) is 19.3. The van der Waals surface area contributed by atoms with E-state index in [4.69, 9.17) is 19.4 Å². The number of aromatic nitrogens is 2. The molecular formula is C19H21N3O3S3. The van der Waals surface area contributed by atoms with Crippen LogP contribution in [0.5, 0.6) is 0 Å². The molecule has 0 aromatic carbocycles. The third-order valence-electron chi connectivity index (χ3n) is 4.33. The first-order chi connectivity index (χ1) is 13.7. The van der Waals surface area contributed by atoms with Gasteiger partial charge in [-0.3, -0.25) is 9.69 Å². The minimum Gasteiger partial charge on any atom is -0.465 e. The van der Waals surface area contributed by atoms with Gasteiger partial charge >= 0.3 is 5.97 Å². The van der Waals surface area contributed by atoms with Crippen LogP contribution in [0.2, 0.25) is 0 Å². The Bertz CT molecular complexity index is 937. The van der Waals surface area contributed by atoms with E-state index in [0.717, 1.165) is 52.9 Å². The third-order valence-corrected chi connectivity index (χ3v) is 7.06. The molecule has 0 amide bonds. The minimum absolute atomic E-state index is 0.220. The van der Waals surface area contributed by atoms with Gasteiger partial charge in [0.25, 0.3) is 0 Å². The van der Waals surface area contributed by atoms with Gasteiger partial charge < -0.3 is 9.47 Å². The first kappa shape index (κ1) is 19.8. The van der Waals surface area contributed by atoms with E-state index < -0.39 is 0 Å². The molecular weight excluding hydrogens is 414 g/mol. The van der Waals surface area contributed by atoms with Crippen LogP contribution in [-0.2, 0) is 20.8 Å². The van der Waals surface area contributed by atoms with Crippen LogP contribution in [0, 0.1) is 0 Å². The van der Waals surface area contributed by atoms with Crippen molar-refractivity contribution < 1.29 is 14.3 Å². The Labute approximate surface area is 175 Å². The summed E-state index contributed by atoms with van der Waals surface area (Å²) in [5, 5.41) is 6.09. The second kappa shape index (κ2) is 9.32. The number of rotatable bonds is 7. The minimum atomic E-state index is -0.220. The molecule has 1 aliphatic heterocycles. The molecule has 0 N–H and O–H groups in total. The van der Waals surface area contributed by atoms with Crippen LogP contribution in [0.1, 0.15) is 12.7 Å². The molecule has 9 heteroatoms. The third kappa shape index (κ3) is 4.55. The van der Waals surface area contributed by atoms with Crippen LogP contribution in [-0.4, -0.2) is 59.5 Å². The summed E-state index contributed by atoms with van der Waals surface area (Å²) in [6.45, 7) is 6.16. The van der Waals surface area contributed by atoms with E-state index >= 15 is 0 Å². The summed E-state index contributed by atoms with van der Waals surface area (Å²) in [5.41, 5.74) is 1.14. The number of carbonyl (C=O) groups is 1. The van der Waals surface area contributed by atoms with Gasteiger partial charge in [-0.25, -0.2) is 9.97 Å². The van der Waals surface area contributed by atoms with Crippen LogP contribution < -0.4 is 0 Å². The summed E-state index contributed by atoms with van der Waals surface area (Å²) < 4.78 is 10.5. The number of hydrogen-bond donors (Lipinski definition) is 0.